The van der Waals surface area contributed by atoms with E-state index in [2.05, 4.69) is 5.10 Å². The lowest BCUT2D eigenvalue weighted by Gasteiger charge is -2.40. The van der Waals surface area contributed by atoms with Gasteiger partial charge in [-0.1, -0.05) is 30.3 Å². The number of aliphatic carboxylic acids is 1. The SMILES string of the molecule is Cc1nn(C)c(C)c1[C@H](C(=O)O)N1CCC(O)(c2ccccc2)CC1. The molecule has 1 saturated heterocycles. The van der Waals surface area contributed by atoms with Crippen molar-refractivity contribution in [1.82, 2.24) is 14.7 Å². The van der Waals surface area contributed by atoms with Crippen LogP contribution in [0.25, 0.3) is 0 Å². The first-order valence-corrected chi connectivity index (χ1v) is 8.58. The molecule has 0 unspecified atom stereocenters. The van der Waals surface area contributed by atoms with E-state index in [4.69, 9.17) is 0 Å². The van der Waals surface area contributed by atoms with Gasteiger partial charge in [-0.15, -0.1) is 0 Å². The van der Waals surface area contributed by atoms with Gasteiger partial charge >= 0.3 is 5.97 Å². The summed E-state index contributed by atoms with van der Waals surface area (Å²) in [4.78, 5) is 13.9. The molecule has 25 heavy (non-hydrogen) atoms. The minimum absolute atomic E-state index is 0.513. The van der Waals surface area contributed by atoms with Gasteiger partial charge in [0, 0.05) is 31.4 Å². The van der Waals surface area contributed by atoms with Gasteiger partial charge < -0.3 is 10.2 Å². The topological polar surface area (TPSA) is 78.6 Å². The van der Waals surface area contributed by atoms with E-state index in [1.807, 2.05) is 56.1 Å². The molecule has 1 aromatic heterocycles. The number of nitrogens with zero attached hydrogens (tertiary/aromatic N) is 3. The van der Waals surface area contributed by atoms with Gasteiger partial charge in [0.2, 0.25) is 0 Å². The van der Waals surface area contributed by atoms with Crippen LogP contribution < -0.4 is 0 Å². The molecule has 3 rings (SSSR count). The lowest BCUT2D eigenvalue weighted by molar-refractivity contribution is -0.146. The van der Waals surface area contributed by atoms with E-state index in [9.17, 15) is 15.0 Å². The summed E-state index contributed by atoms with van der Waals surface area (Å²) in [5.74, 6) is -0.871. The maximum Gasteiger partial charge on any atom is 0.325 e. The van der Waals surface area contributed by atoms with Crippen LogP contribution in [0.4, 0.5) is 0 Å². The van der Waals surface area contributed by atoms with Crippen LogP contribution in [0.5, 0.6) is 0 Å². The van der Waals surface area contributed by atoms with Crippen molar-refractivity contribution in [2.24, 2.45) is 7.05 Å². The second-order valence-corrected chi connectivity index (χ2v) is 6.88. The molecule has 1 atom stereocenters. The quantitative estimate of drug-likeness (QED) is 0.889. The van der Waals surface area contributed by atoms with E-state index >= 15 is 0 Å². The maximum absolute atomic E-state index is 12.0. The molecule has 2 N–H and O–H groups in total. The standard InChI is InChI=1S/C19H25N3O3/c1-13-16(14(2)21(3)20-13)17(18(23)24)22-11-9-19(25,10-12-22)15-7-5-4-6-8-15/h4-8,17,25H,9-12H2,1-3H3,(H,23,24)/t17-/m1/s1. The van der Waals surface area contributed by atoms with Crippen molar-refractivity contribution in [1.29, 1.82) is 0 Å². The highest BCUT2D eigenvalue weighted by Crippen LogP contribution is 2.37. The predicted molar refractivity (Wildman–Crippen MR) is 94.2 cm³/mol. The summed E-state index contributed by atoms with van der Waals surface area (Å²) < 4.78 is 1.73. The normalized spacial score (nSPS) is 18.9. The number of benzene rings is 1. The fourth-order valence-corrected chi connectivity index (χ4v) is 3.84. The molecule has 1 aliphatic heterocycles. The number of carboxylic acids is 1. The van der Waals surface area contributed by atoms with E-state index in [1.54, 1.807) is 4.68 Å². The Kier molecular flexibility index (Phi) is 4.67. The molecule has 1 aromatic carbocycles. The van der Waals surface area contributed by atoms with Gasteiger partial charge in [0.05, 0.1) is 11.3 Å². The zero-order valence-corrected chi connectivity index (χ0v) is 14.9. The second-order valence-electron chi connectivity index (χ2n) is 6.88. The van der Waals surface area contributed by atoms with Gasteiger partial charge in [-0.05, 0) is 32.3 Å². The summed E-state index contributed by atoms with van der Waals surface area (Å²) in [5, 5.41) is 25.2. The van der Waals surface area contributed by atoms with Crippen LogP contribution in [0, 0.1) is 13.8 Å². The number of hydrogen-bond donors (Lipinski definition) is 2. The van der Waals surface area contributed by atoms with Crippen LogP contribution in [0.3, 0.4) is 0 Å². The molecular formula is C19H25N3O3. The Bertz CT molecular complexity index is 762. The minimum Gasteiger partial charge on any atom is -0.480 e. The number of aromatic nitrogens is 2. The molecule has 6 heteroatoms. The van der Waals surface area contributed by atoms with Crippen LogP contribution in [0.2, 0.25) is 0 Å². The van der Waals surface area contributed by atoms with E-state index in [0.29, 0.717) is 25.9 Å². The number of likely N-dealkylation sites (tertiary alicyclic amines) is 1. The molecule has 0 bridgehead atoms. The van der Waals surface area contributed by atoms with Crippen molar-refractivity contribution in [2.45, 2.75) is 38.3 Å². The van der Waals surface area contributed by atoms with Gasteiger partial charge in [-0.3, -0.25) is 14.4 Å². The van der Waals surface area contributed by atoms with Gasteiger partial charge in [0.25, 0.3) is 0 Å². The lowest BCUT2D eigenvalue weighted by atomic mass is 9.83. The number of carboxylic acid groups (broad SMARTS) is 1. The first kappa shape index (κ1) is 17.6. The van der Waals surface area contributed by atoms with Crippen molar-refractivity contribution >= 4 is 5.97 Å². The lowest BCUT2D eigenvalue weighted by Crippen LogP contribution is -2.46. The highest BCUT2D eigenvalue weighted by molar-refractivity contribution is 5.76. The van der Waals surface area contributed by atoms with Crippen LogP contribution in [0.1, 0.15) is 41.4 Å². The molecule has 0 radical (unpaired) electrons. The van der Waals surface area contributed by atoms with E-state index in [-0.39, 0.29) is 0 Å². The highest BCUT2D eigenvalue weighted by Gasteiger charge is 2.39. The maximum atomic E-state index is 12.0. The van der Waals surface area contributed by atoms with Crippen molar-refractivity contribution in [3.8, 4) is 0 Å². The molecule has 2 heterocycles. The molecule has 0 saturated carbocycles. The summed E-state index contributed by atoms with van der Waals surface area (Å²) in [6.45, 7) is 4.80. The molecule has 2 aromatic rings. The molecule has 1 aliphatic rings. The van der Waals surface area contributed by atoms with Gasteiger partial charge in [-0.2, -0.15) is 5.10 Å². The molecule has 0 aliphatic carbocycles. The zero-order valence-electron chi connectivity index (χ0n) is 14.9. The third-order valence-electron chi connectivity index (χ3n) is 5.37. The third-order valence-corrected chi connectivity index (χ3v) is 5.37. The summed E-state index contributed by atoms with van der Waals surface area (Å²) in [6, 6.07) is 8.90. The number of aryl methyl sites for hydroxylation is 2. The molecule has 6 nitrogen and oxygen atoms in total. The summed E-state index contributed by atoms with van der Waals surface area (Å²) in [7, 11) is 1.83. The average Bonchev–Trinajstić information content (AvgIpc) is 2.84. The van der Waals surface area contributed by atoms with Crippen LogP contribution in [0.15, 0.2) is 30.3 Å². The molecule has 0 amide bonds. The van der Waals surface area contributed by atoms with Crippen molar-refractivity contribution in [3.05, 3.63) is 52.8 Å². The Morgan fingerprint density at radius 2 is 1.80 bits per heavy atom. The Balaban J connectivity index is 1.83. The van der Waals surface area contributed by atoms with Gasteiger partial charge in [-0.25, -0.2) is 0 Å². The van der Waals surface area contributed by atoms with Gasteiger partial charge in [0.15, 0.2) is 0 Å². The van der Waals surface area contributed by atoms with Crippen molar-refractivity contribution in [2.75, 3.05) is 13.1 Å². The van der Waals surface area contributed by atoms with Crippen molar-refractivity contribution < 1.29 is 15.0 Å². The monoisotopic (exact) mass is 343 g/mol. The Morgan fingerprint density at radius 1 is 1.20 bits per heavy atom. The molecule has 134 valence electrons. The fraction of sp³-hybridized carbons (Fsp3) is 0.474. The third kappa shape index (κ3) is 3.19. The van der Waals surface area contributed by atoms with Crippen LogP contribution in [-0.4, -0.2) is 44.0 Å². The van der Waals surface area contributed by atoms with Crippen molar-refractivity contribution in [3.63, 3.8) is 0 Å². The predicted octanol–water partition coefficient (Wildman–Crippen LogP) is 2.15. The second kappa shape index (κ2) is 6.61. The van der Waals surface area contributed by atoms with E-state index in [1.165, 1.54) is 0 Å². The largest absolute Gasteiger partial charge is 0.480 e. The first-order chi connectivity index (χ1) is 11.8. The van der Waals surface area contributed by atoms with Gasteiger partial charge in [0.1, 0.15) is 6.04 Å². The number of rotatable bonds is 4. The van der Waals surface area contributed by atoms with E-state index in [0.717, 1.165) is 22.5 Å². The fourth-order valence-electron chi connectivity index (χ4n) is 3.84. The smallest absolute Gasteiger partial charge is 0.325 e. The number of carbonyl (C=O) groups is 1. The number of aliphatic hydroxyl groups is 1. The summed E-state index contributed by atoms with van der Waals surface area (Å²) in [6.07, 6.45) is 1.03. The Labute approximate surface area is 147 Å². The summed E-state index contributed by atoms with van der Waals surface area (Å²) in [5.41, 5.74) is 2.39. The summed E-state index contributed by atoms with van der Waals surface area (Å²) >= 11 is 0. The van der Waals surface area contributed by atoms with Crippen LogP contribution >= 0.6 is 0 Å². The Morgan fingerprint density at radius 3 is 2.28 bits per heavy atom. The van der Waals surface area contributed by atoms with Crippen LogP contribution in [-0.2, 0) is 17.4 Å². The molecule has 0 spiro atoms. The number of piperidine rings is 1. The number of hydrogen-bond acceptors (Lipinski definition) is 4. The molecule has 1 fully saturated rings. The minimum atomic E-state index is -0.889. The van der Waals surface area contributed by atoms with E-state index < -0.39 is 17.6 Å². The first-order valence-electron chi connectivity index (χ1n) is 8.58. The molecular weight excluding hydrogens is 318 g/mol. The highest BCUT2D eigenvalue weighted by atomic mass is 16.4. The zero-order chi connectivity index (χ0) is 18.2. The average molecular weight is 343 g/mol. The Hall–Kier alpha value is -2.18.